The largest absolute Gasteiger partial charge is 0.350 e. The molecule has 0 bridgehead atoms. The van der Waals surface area contributed by atoms with Gasteiger partial charge in [0.2, 0.25) is 5.91 Å². The molecule has 1 fully saturated rings. The molecule has 0 radical (unpaired) electrons. The van der Waals surface area contributed by atoms with Gasteiger partial charge in [-0.25, -0.2) is 0 Å². The normalized spacial score (nSPS) is 25.9. The van der Waals surface area contributed by atoms with Crippen molar-refractivity contribution in [1.82, 2.24) is 9.47 Å². The van der Waals surface area contributed by atoms with Crippen molar-refractivity contribution in [1.29, 1.82) is 0 Å². The second-order valence-corrected chi connectivity index (χ2v) is 7.26. The molecule has 1 aromatic carbocycles. The van der Waals surface area contributed by atoms with Gasteiger partial charge in [0, 0.05) is 6.20 Å². The predicted octanol–water partition coefficient (Wildman–Crippen LogP) is 3.56. The van der Waals surface area contributed by atoms with Gasteiger partial charge >= 0.3 is 0 Å². The second kappa shape index (κ2) is 6.10. The first-order valence-corrected chi connectivity index (χ1v) is 8.79. The van der Waals surface area contributed by atoms with Crippen molar-refractivity contribution in [2.45, 2.75) is 45.0 Å². The van der Waals surface area contributed by atoms with Gasteiger partial charge in [0.15, 0.2) is 6.23 Å². The molecule has 0 spiro atoms. The van der Waals surface area contributed by atoms with Crippen LogP contribution in [0.2, 0.25) is 0 Å². The summed E-state index contributed by atoms with van der Waals surface area (Å²) < 4.78 is 8.15. The summed E-state index contributed by atoms with van der Waals surface area (Å²) in [7, 11) is 0. The minimum atomic E-state index is -0.232. The number of amides is 1. The monoisotopic (exact) mass is 324 g/mol. The number of hydrogen-bond acceptors (Lipinski definition) is 2. The van der Waals surface area contributed by atoms with Gasteiger partial charge in [0.1, 0.15) is 6.04 Å². The Labute approximate surface area is 143 Å². The Hall–Kier alpha value is -2.07. The molecular formula is C20H24N2O2. The first-order chi connectivity index (χ1) is 11.6. The third kappa shape index (κ3) is 2.55. The van der Waals surface area contributed by atoms with Crippen molar-refractivity contribution >= 4 is 5.91 Å². The van der Waals surface area contributed by atoms with E-state index in [9.17, 15) is 4.79 Å². The molecule has 3 heterocycles. The van der Waals surface area contributed by atoms with E-state index in [1.54, 1.807) is 0 Å². The summed E-state index contributed by atoms with van der Waals surface area (Å²) in [5, 5.41) is 0. The third-order valence-corrected chi connectivity index (χ3v) is 5.04. The molecular weight excluding hydrogens is 300 g/mol. The topological polar surface area (TPSA) is 34.5 Å². The summed E-state index contributed by atoms with van der Waals surface area (Å²) in [5.41, 5.74) is 2.36. The minimum absolute atomic E-state index is 0.105. The molecule has 4 nitrogen and oxygen atoms in total. The highest BCUT2D eigenvalue weighted by Crippen LogP contribution is 2.41. The molecule has 2 aliphatic rings. The first kappa shape index (κ1) is 15.5. The van der Waals surface area contributed by atoms with Crippen molar-refractivity contribution in [3.8, 4) is 0 Å². The van der Waals surface area contributed by atoms with Gasteiger partial charge in [-0.1, -0.05) is 44.2 Å². The molecule has 3 atom stereocenters. The Morgan fingerprint density at radius 2 is 1.96 bits per heavy atom. The zero-order chi connectivity index (χ0) is 16.7. The summed E-state index contributed by atoms with van der Waals surface area (Å²) >= 11 is 0. The number of ether oxygens (including phenoxy) is 1. The lowest BCUT2D eigenvalue weighted by molar-refractivity contribution is -0.146. The van der Waals surface area contributed by atoms with E-state index in [0.29, 0.717) is 12.5 Å². The van der Waals surface area contributed by atoms with Gasteiger partial charge in [0.25, 0.3) is 0 Å². The maximum atomic E-state index is 13.2. The van der Waals surface area contributed by atoms with Crippen LogP contribution in [0.25, 0.3) is 0 Å². The van der Waals surface area contributed by atoms with E-state index >= 15 is 0 Å². The average Bonchev–Trinajstić information content (AvgIpc) is 3.19. The maximum absolute atomic E-state index is 13.2. The van der Waals surface area contributed by atoms with Crippen molar-refractivity contribution in [3.63, 3.8) is 0 Å². The second-order valence-electron chi connectivity index (χ2n) is 7.26. The number of rotatable bonds is 4. The van der Waals surface area contributed by atoms with Gasteiger partial charge in [-0.2, -0.15) is 0 Å². The molecule has 2 aromatic rings. The van der Waals surface area contributed by atoms with Crippen LogP contribution in [-0.2, 0) is 16.0 Å². The summed E-state index contributed by atoms with van der Waals surface area (Å²) in [6.07, 6.45) is 3.50. The van der Waals surface area contributed by atoms with Crippen LogP contribution in [-0.4, -0.2) is 28.0 Å². The number of benzene rings is 1. The summed E-state index contributed by atoms with van der Waals surface area (Å²) in [6, 6.07) is 14.5. The molecule has 24 heavy (non-hydrogen) atoms. The Bertz CT molecular complexity index is 722. The Kier molecular flexibility index (Phi) is 3.93. The van der Waals surface area contributed by atoms with Crippen molar-refractivity contribution < 1.29 is 9.53 Å². The highest BCUT2D eigenvalue weighted by molar-refractivity contribution is 5.82. The molecule has 1 amide bonds. The Morgan fingerprint density at radius 1 is 1.17 bits per heavy atom. The summed E-state index contributed by atoms with van der Waals surface area (Å²) in [5.74, 6) is 0.678. The van der Waals surface area contributed by atoms with Gasteiger partial charge < -0.3 is 14.2 Å². The van der Waals surface area contributed by atoms with E-state index in [2.05, 4.69) is 36.6 Å². The number of hydrogen-bond donors (Lipinski definition) is 0. The van der Waals surface area contributed by atoms with Gasteiger partial charge in [-0.05, 0) is 36.5 Å². The van der Waals surface area contributed by atoms with Gasteiger partial charge in [-0.15, -0.1) is 0 Å². The molecule has 0 saturated carbocycles. The van der Waals surface area contributed by atoms with Crippen LogP contribution in [0.15, 0.2) is 48.7 Å². The molecule has 0 N–H and O–H groups in total. The van der Waals surface area contributed by atoms with Crippen LogP contribution < -0.4 is 0 Å². The van der Waals surface area contributed by atoms with E-state index in [1.165, 1.54) is 5.56 Å². The minimum Gasteiger partial charge on any atom is -0.350 e. The SMILES string of the molecule is CC(C)C[C@H]1C(=O)N2C(OC[C@@H]2Cc2ccccc2)c2cccn21. The molecule has 2 aliphatic heterocycles. The van der Waals surface area contributed by atoms with Crippen LogP contribution in [0.1, 0.15) is 43.8 Å². The fraction of sp³-hybridized carbons (Fsp3) is 0.450. The molecule has 1 saturated heterocycles. The zero-order valence-corrected chi connectivity index (χ0v) is 14.3. The summed E-state index contributed by atoms with van der Waals surface area (Å²) in [6.45, 7) is 4.94. The number of fused-ring (bicyclic) bond motifs is 3. The van der Waals surface area contributed by atoms with Crippen LogP contribution in [0, 0.1) is 5.92 Å². The number of nitrogens with zero attached hydrogens (tertiary/aromatic N) is 2. The maximum Gasteiger partial charge on any atom is 0.248 e. The first-order valence-electron chi connectivity index (χ1n) is 8.79. The van der Waals surface area contributed by atoms with E-state index in [1.807, 2.05) is 35.4 Å². The van der Waals surface area contributed by atoms with Crippen molar-refractivity contribution in [3.05, 3.63) is 59.9 Å². The molecule has 126 valence electrons. The lowest BCUT2D eigenvalue weighted by atomic mass is 9.98. The third-order valence-electron chi connectivity index (χ3n) is 5.04. The lowest BCUT2D eigenvalue weighted by Crippen LogP contribution is -2.47. The standard InChI is InChI=1S/C20H24N2O2/c1-14(2)11-18-19(23)22-16(12-15-7-4-3-5-8-15)13-24-20(22)17-9-6-10-21(17)18/h3-10,14,16,18,20H,11-13H2,1-2H3/t16-,18-,20?/m0/s1. The fourth-order valence-corrected chi connectivity index (χ4v) is 3.97. The Balaban J connectivity index is 1.65. The molecule has 4 rings (SSSR count). The van der Waals surface area contributed by atoms with Crippen LogP contribution in [0.5, 0.6) is 0 Å². The van der Waals surface area contributed by atoms with E-state index in [4.69, 9.17) is 4.74 Å². The van der Waals surface area contributed by atoms with Crippen molar-refractivity contribution in [2.75, 3.05) is 6.61 Å². The van der Waals surface area contributed by atoms with E-state index in [0.717, 1.165) is 18.5 Å². The van der Waals surface area contributed by atoms with Crippen LogP contribution >= 0.6 is 0 Å². The summed E-state index contributed by atoms with van der Waals surface area (Å²) in [4.78, 5) is 15.2. The predicted molar refractivity (Wildman–Crippen MR) is 92.4 cm³/mol. The average molecular weight is 324 g/mol. The molecule has 0 aliphatic carbocycles. The van der Waals surface area contributed by atoms with E-state index < -0.39 is 0 Å². The molecule has 1 unspecified atom stereocenters. The smallest absolute Gasteiger partial charge is 0.248 e. The number of aromatic nitrogens is 1. The highest BCUT2D eigenvalue weighted by Gasteiger charge is 2.46. The fourth-order valence-electron chi connectivity index (χ4n) is 3.97. The lowest BCUT2D eigenvalue weighted by Gasteiger charge is -2.38. The van der Waals surface area contributed by atoms with E-state index in [-0.39, 0.29) is 24.2 Å². The Morgan fingerprint density at radius 3 is 2.71 bits per heavy atom. The van der Waals surface area contributed by atoms with Gasteiger partial charge in [0.05, 0.1) is 18.3 Å². The van der Waals surface area contributed by atoms with Gasteiger partial charge in [-0.3, -0.25) is 4.79 Å². The number of carbonyl (C=O) groups is 1. The van der Waals surface area contributed by atoms with Crippen LogP contribution in [0.4, 0.5) is 0 Å². The number of carbonyl (C=O) groups excluding carboxylic acids is 1. The zero-order valence-electron chi connectivity index (χ0n) is 14.3. The quantitative estimate of drug-likeness (QED) is 0.862. The van der Waals surface area contributed by atoms with Crippen molar-refractivity contribution in [2.24, 2.45) is 5.92 Å². The molecule has 1 aromatic heterocycles. The highest BCUT2D eigenvalue weighted by atomic mass is 16.5. The van der Waals surface area contributed by atoms with Crippen LogP contribution in [0.3, 0.4) is 0 Å². The molecule has 4 heteroatoms.